The van der Waals surface area contributed by atoms with E-state index in [2.05, 4.69) is 11.9 Å². The molecule has 14 heavy (non-hydrogen) atoms. The zero-order chi connectivity index (χ0) is 9.87. The van der Waals surface area contributed by atoms with E-state index in [0.29, 0.717) is 12.1 Å². The SMILES string of the molecule is CN1CC2=C(CC3CCC2N3C)C1=O. The summed E-state index contributed by atoms with van der Waals surface area (Å²) in [6.45, 7) is 0.871. The van der Waals surface area contributed by atoms with Gasteiger partial charge in [-0.1, -0.05) is 0 Å². The fraction of sp³-hybridized carbons (Fsp3) is 0.727. The van der Waals surface area contributed by atoms with Crippen LogP contribution in [-0.2, 0) is 4.79 Å². The topological polar surface area (TPSA) is 23.6 Å². The normalized spacial score (nSPS) is 37.0. The molecule has 0 aromatic carbocycles. The van der Waals surface area contributed by atoms with Crippen LogP contribution in [0.1, 0.15) is 19.3 Å². The maximum atomic E-state index is 11.8. The molecule has 1 saturated heterocycles. The van der Waals surface area contributed by atoms with Crippen molar-refractivity contribution in [2.75, 3.05) is 20.6 Å². The van der Waals surface area contributed by atoms with Gasteiger partial charge in [-0.3, -0.25) is 9.69 Å². The third-order valence-electron chi connectivity index (χ3n) is 4.08. The van der Waals surface area contributed by atoms with E-state index in [1.54, 1.807) is 0 Å². The number of rotatable bonds is 0. The number of nitrogens with zero attached hydrogens (tertiary/aromatic N) is 2. The van der Waals surface area contributed by atoms with Crippen molar-refractivity contribution in [3.63, 3.8) is 0 Å². The fourth-order valence-corrected chi connectivity index (χ4v) is 3.23. The molecule has 3 rings (SSSR count). The van der Waals surface area contributed by atoms with Crippen LogP contribution in [-0.4, -0.2) is 48.4 Å². The van der Waals surface area contributed by atoms with Crippen LogP contribution in [0.5, 0.6) is 0 Å². The average Bonchev–Trinajstić information content (AvgIpc) is 2.57. The van der Waals surface area contributed by atoms with E-state index in [4.69, 9.17) is 0 Å². The largest absolute Gasteiger partial charge is 0.338 e. The molecule has 0 saturated carbocycles. The molecular formula is C11H16N2O. The second-order valence-electron chi connectivity index (χ2n) is 4.78. The molecule has 0 spiro atoms. The van der Waals surface area contributed by atoms with Crippen molar-refractivity contribution >= 4 is 5.91 Å². The monoisotopic (exact) mass is 192 g/mol. The highest BCUT2D eigenvalue weighted by Crippen LogP contribution is 2.41. The number of carbonyl (C=O) groups excluding carboxylic acids is 1. The van der Waals surface area contributed by atoms with Gasteiger partial charge in [0, 0.05) is 31.2 Å². The lowest BCUT2D eigenvalue weighted by Crippen LogP contribution is -2.38. The molecule has 0 N–H and O–H groups in total. The molecule has 3 heterocycles. The van der Waals surface area contributed by atoms with Crippen molar-refractivity contribution in [3.8, 4) is 0 Å². The maximum absolute atomic E-state index is 11.8. The molecule has 2 bridgehead atoms. The number of carbonyl (C=O) groups is 1. The standard InChI is InChI=1S/C11H16N2O/c1-12-6-9-8(11(12)14)5-7-3-4-10(9)13(7)2/h7,10H,3-6H2,1-2H3. The van der Waals surface area contributed by atoms with E-state index in [0.717, 1.165) is 18.5 Å². The minimum atomic E-state index is 0.282. The van der Waals surface area contributed by atoms with Gasteiger partial charge in [-0.05, 0) is 31.9 Å². The highest BCUT2D eigenvalue weighted by atomic mass is 16.2. The van der Waals surface area contributed by atoms with Gasteiger partial charge in [0.05, 0.1) is 0 Å². The third-order valence-corrected chi connectivity index (χ3v) is 4.08. The van der Waals surface area contributed by atoms with Gasteiger partial charge in [0.25, 0.3) is 0 Å². The molecule has 2 unspecified atom stereocenters. The zero-order valence-corrected chi connectivity index (χ0v) is 8.79. The van der Waals surface area contributed by atoms with Crippen LogP contribution >= 0.6 is 0 Å². The van der Waals surface area contributed by atoms with Crippen LogP contribution in [0.25, 0.3) is 0 Å². The molecule has 76 valence electrons. The Labute approximate surface area is 84.4 Å². The van der Waals surface area contributed by atoms with Gasteiger partial charge in [-0.2, -0.15) is 0 Å². The molecule has 1 fully saturated rings. The van der Waals surface area contributed by atoms with Gasteiger partial charge in [0.15, 0.2) is 0 Å². The Morgan fingerprint density at radius 3 is 2.86 bits per heavy atom. The molecule has 0 aliphatic carbocycles. The van der Waals surface area contributed by atoms with Crippen molar-refractivity contribution in [1.82, 2.24) is 9.80 Å². The van der Waals surface area contributed by atoms with Crippen molar-refractivity contribution in [1.29, 1.82) is 0 Å². The predicted molar refractivity (Wildman–Crippen MR) is 53.9 cm³/mol. The summed E-state index contributed by atoms with van der Waals surface area (Å²) in [6, 6.07) is 1.20. The molecule has 0 aromatic rings. The van der Waals surface area contributed by atoms with E-state index in [-0.39, 0.29) is 5.91 Å². The Kier molecular flexibility index (Phi) is 1.57. The summed E-state index contributed by atoms with van der Waals surface area (Å²) in [5.41, 5.74) is 2.55. The van der Waals surface area contributed by atoms with E-state index in [1.165, 1.54) is 18.4 Å². The summed E-state index contributed by atoms with van der Waals surface area (Å²) in [4.78, 5) is 16.1. The van der Waals surface area contributed by atoms with E-state index in [9.17, 15) is 4.79 Å². The zero-order valence-electron chi connectivity index (χ0n) is 8.79. The Hall–Kier alpha value is -0.830. The van der Waals surface area contributed by atoms with Crippen LogP contribution in [0.3, 0.4) is 0 Å². The van der Waals surface area contributed by atoms with Crippen LogP contribution in [0, 0.1) is 0 Å². The minimum Gasteiger partial charge on any atom is -0.338 e. The summed E-state index contributed by atoms with van der Waals surface area (Å²) in [5.74, 6) is 0.282. The second kappa shape index (κ2) is 2.60. The van der Waals surface area contributed by atoms with Gasteiger partial charge in [0.2, 0.25) is 5.91 Å². The first-order chi connectivity index (χ1) is 6.68. The second-order valence-corrected chi connectivity index (χ2v) is 4.78. The Morgan fingerprint density at radius 1 is 1.29 bits per heavy atom. The molecular weight excluding hydrogens is 176 g/mol. The summed E-state index contributed by atoms with van der Waals surface area (Å²) in [7, 11) is 4.11. The Bertz CT molecular complexity index is 334. The summed E-state index contributed by atoms with van der Waals surface area (Å²) in [6.07, 6.45) is 3.51. The van der Waals surface area contributed by atoms with Crippen LogP contribution in [0.2, 0.25) is 0 Å². The summed E-state index contributed by atoms with van der Waals surface area (Å²) in [5, 5.41) is 0. The van der Waals surface area contributed by atoms with Crippen molar-refractivity contribution < 1.29 is 4.79 Å². The number of fused-ring (bicyclic) bond motifs is 3. The lowest BCUT2D eigenvalue weighted by Gasteiger charge is -2.31. The number of hydrogen-bond donors (Lipinski definition) is 0. The molecule has 3 heteroatoms. The van der Waals surface area contributed by atoms with Gasteiger partial charge in [-0.15, -0.1) is 0 Å². The van der Waals surface area contributed by atoms with Gasteiger partial charge < -0.3 is 4.90 Å². The Morgan fingerprint density at radius 2 is 2.07 bits per heavy atom. The highest BCUT2D eigenvalue weighted by Gasteiger charge is 2.44. The molecule has 3 aliphatic rings. The third kappa shape index (κ3) is 0.883. The first-order valence-electron chi connectivity index (χ1n) is 5.38. The van der Waals surface area contributed by atoms with Crippen LogP contribution in [0.4, 0.5) is 0 Å². The van der Waals surface area contributed by atoms with E-state index < -0.39 is 0 Å². The van der Waals surface area contributed by atoms with Crippen molar-refractivity contribution in [2.45, 2.75) is 31.3 Å². The fourth-order valence-electron chi connectivity index (χ4n) is 3.23. The van der Waals surface area contributed by atoms with Gasteiger partial charge in [-0.25, -0.2) is 0 Å². The molecule has 0 radical (unpaired) electrons. The van der Waals surface area contributed by atoms with E-state index >= 15 is 0 Å². The smallest absolute Gasteiger partial charge is 0.249 e. The van der Waals surface area contributed by atoms with Crippen LogP contribution < -0.4 is 0 Å². The average molecular weight is 192 g/mol. The van der Waals surface area contributed by atoms with Crippen molar-refractivity contribution in [2.24, 2.45) is 0 Å². The molecule has 3 nitrogen and oxygen atoms in total. The quantitative estimate of drug-likeness (QED) is 0.562. The van der Waals surface area contributed by atoms with Gasteiger partial charge in [0.1, 0.15) is 0 Å². The molecule has 0 aromatic heterocycles. The Balaban J connectivity index is 2.02. The summed E-state index contributed by atoms with van der Waals surface area (Å²) < 4.78 is 0. The maximum Gasteiger partial charge on any atom is 0.249 e. The van der Waals surface area contributed by atoms with Crippen LogP contribution in [0.15, 0.2) is 11.1 Å². The minimum absolute atomic E-state index is 0.282. The van der Waals surface area contributed by atoms with E-state index in [1.807, 2.05) is 11.9 Å². The number of likely N-dealkylation sites (N-methyl/N-ethyl adjacent to an activating group) is 2. The molecule has 1 amide bonds. The lowest BCUT2D eigenvalue weighted by atomic mass is 9.96. The van der Waals surface area contributed by atoms with Gasteiger partial charge >= 0.3 is 0 Å². The predicted octanol–water partition coefficient (Wildman–Crippen LogP) is 0.621. The highest BCUT2D eigenvalue weighted by molar-refractivity contribution is 5.97. The van der Waals surface area contributed by atoms with Crippen molar-refractivity contribution in [3.05, 3.63) is 11.1 Å². The molecule has 3 aliphatic heterocycles. The lowest BCUT2D eigenvalue weighted by molar-refractivity contribution is -0.124. The number of hydrogen-bond acceptors (Lipinski definition) is 2. The molecule has 2 atom stereocenters. The first kappa shape index (κ1) is 8.48. The first-order valence-corrected chi connectivity index (χ1v) is 5.38. The summed E-state index contributed by atoms with van der Waals surface area (Å²) >= 11 is 0. The number of amides is 1.